The number of aliphatic hydroxyl groups is 1. The number of nitrogens with one attached hydrogen (secondary N) is 2. The van der Waals surface area contributed by atoms with Crippen molar-refractivity contribution in [2.75, 3.05) is 13.2 Å². The maximum absolute atomic E-state index is 12.5. The first kappa shape index (κ1) is 23.3. The second-order valence-corrected chi connectivity index (χ2v) is 7.81. The number of fused-ring (bicyclic) bond motifs is 3. The lowest BCUT2D eigenvalue weighted by Gasteiger charge is -2.20. The zero-order valence-corrected chi connectivity index (χ0v) is 17.9. The Hall–Kier alpha value is -3.39. The third-order valence-corrected chi connectivity index (χ3v) is 5.45. The molecule has 8 heteroatoms. The standard InChI is InChI=1S/C24H28N2O6/c1-2-7-21(23(30)25-13-15(27)12-22(28)29)26-24(31)32-14-20-18-10-5-3-8-16(18)17-9-4-6-11-19(17)20/h3-6,8-11,15,20-21,27H,2,7,12-14H2,1H3,(H,25,30)(H,26,31)(H,28,29)/t15?,21-/m1/s1. The Morgan fingerprint density at radius 1 is 1.03 bits per heavy atom. The number of carboxylic acid groups (broad SMARTS) is 1. The van der Waals surface area contributed by atoms with E-state index in [0.717, 1.165) is 22.3 Å². The van der Waals surface area contributed by atoms with Crippen LogP contribution in [-0.2, 0) is 14.3 Å². The van der Waals surface area contributed by atoms with Gasteiger partial charge in [-0.3, -0.25) is 9.59 Å². The lowest BCUT2D eigenvalue weighted by Crippen LogP contribution is -2.48. The van der Waals surface area contributed by atoms with Gasteiger partial charge >= 0.3 is 12.1 Å². The molecular formula is C24H28N2O6. The Kier molecular flexibility index (Phi) is 7.83. The SMILES string of the molecule is CCC[C@@H](NC(=O)OCC1c2ccccc2-c2ccccc21)C(=O)NCC(O)CC(=O)O. The van der Waals surface area contributed by atoms with Gasteiger partial charge in [-0.1, -0.05) is 61.9 Å². The van der Waals surface area contributed by atoms with Gasteiger partial charge in [-0.25, -0.2) is 4.79 Å². The molecule has 0 aromatic heterocycles. The number of rotatable bonds is 10. The lowest BCUT2D eigenvalue weighted by molar-refractivity contribution is -0.139. The highest BCUT2D eigenvalue weighted by atomic mass is 16.5. The Morgan fingerprint density at radius 3 is 2.19 bits per heavy atom. The molecule has 3 rings (SSSR count). The summed E-state index contributed by atoms with van der Waals surface area (Å²) in [6, 6.07) is 15.2. The Bertz CT molecular complexity index is 931. The monoisotopic (exact) mass is 440 g/mol. The summed E-state index contributed by atoms with van der Waals surface area (Å²) in [6.07, 6.45) is -1.36. The topological polar surface area (TPSA) is 125 Å². The van der Waals surface area contributed by atoms with Gasteiger partial charge in [0.15, 0.2) is 0 Å². The maximum Gasteiger partial charge on any atom is 0.407 e. The predicted octanol–water partition coefficient (Wildman–Crippen LogP) is 2.65. The van der Waals surface area contributed by atoms with Crippen LogP contribution >= 0.6 is 0 Å². The average molecular weight is 440 g/mol. The van der Waals surface area contributed by atoms with Gasteiger partial charge in [0.1, 0.15) is 12.6 Å². The van der Waals surface area contributed by atoms with Gasteiger partial charge in [-0.2, -0.15) is 0 Å². The van der Waals surface area contributed by atoms with Crippen LogP contribution in [0.5, 0.6) is 0 Å². The van der Waals surface area contributed by atoms with Crippen molar-refractivity contribution in [1.29, 1.82) is 0 Å². The van der Waals surface area contributed by atoms with E-state index in [1.165, 1.54) is 0 Å². The summed E-state index contributed by atoms with van der Waals surface area (Å²) in [5, 5.41) is 23.4. The molecule has 2 aromatic rings. The van der Waals surface area contributed by atoms with Crippen LogP contribution in [-0.4, -0.2) is 53.5 Å². The first-order chi connectivity index (χ1) is 15.4. The van der Waals surface area contributed by atoms with E-state index in [1.807, 2.05) is 43.3 Å². The minimum Gasteiger partial charge on any atom is -0.481 e. The second-order valence-electron chi connectivity index (χ2n) is 7.81. The van der Waals surface area contributed by atoms with Crippen molar-refractivity contribution in [2.45, 2.75) is 44.2 Å². The first-order valence-corrected chi connectivity index (χ1v) is 10.7. The molecular weight excluding hydrogens is 412 g/mol. The molecule has 2 atom stereocenters. The number of hydrogen-bond donors (Lipinski definition) is 4. The fourth-order valence-electron chi connectivity index (χ4n) is 3.96. The Balaban J connectivity index is 1.58. The van der Waals surface area contributed by atoms with Crippen molar-refractivity contribution < 1.29 is 29.3 Å². The second kappa shape index (κ2) is 10.8. The summed E-state index contributed by atoms with van der Waals surface area (Å²) < 4.78 is 5.49. The number of hydrogen-bond acceptors (Lipinski definition) is 5. The molecule has 0 fully saturated rings. The molecule has 1 unspecified atom stereocenters. The number of aliphatic carboxylic acids is 1. The van der Waals surface area contributed by atoms with Crippen LogP contribution in [0.1, 0.15) is 43.2 Å². The van der Waals surface area contributed by atoms with Crippen molar-refractivity contribution in [3.05, 3.63) is 59.7 Å². The van der Waals surface area contributed by atoms with Crippen molar-refractivity contribution >= 4 is 18.0 Å². The molecule has 2 amide bonds. The van der Waals surface area contributed by atoms with E-state index >= 15 is 0 Å². The fraction of sp³-hybridized carbons (Fsp3) is 0.375. The number of carboxylic acids is 1. The normalized spacial score (nSPS) is 14.1. The molecule has 1 aliphatic rings. The molecule has 8 nitrogen and oxygen atoms in total. The third-order valence-electron chi connectivity index (χ3n) is 5.45. The van der Waals surface area contributed by atoms with E-state index in [-0.39, 0.29) is 19.1 Å². The van der Waals surface area contributed by atoms with Crippen LogP contribution in [0.3, 0.4) is 0 Å². The van der Waals surface area contributed by atoms with Gasteiger partial charge in [0.05, 0.1) is 12.5 Å². The molecule has 1 aliphatic carbocycles. The van der Waals surface area contributed by atoms with Crippen molar-refractivity contribution in [3.63, 3.8) is 0 Å². The summed E-state index contributed by atoms with van der Waals surface area (Å²) in [4.78, 5) is 35.5. The number of carbonyl (C=O) groups is 3. The number of carbonyl (C=O) groups excluding carboxylic acids is 2. The molecule has 0 aliphatic heterocycles. The third kappa shape index (κ3) is 5.64. The molecule has 0 saturated heterocycles. The highest BCUT2D eigenvalue weighted by Gasteiger charge is 2.29. The molecule has 0 saturated carbocycles. The van der Waals surface area contributed by atoms with Crippen molar-refractivity contribution in [2.24, 2.45) is 0 Å². The lowest BCUT2D eigenvalue weighted by atomic mass is 9.98. The highest BCUT2D eigenvalue weighted by Crippen LogP contribution is 2.44. The molecule has 32 heavy (non-hydrogen) atoms. The molecule has 0 spiro atoms. The maximum atomic E-state index is 12.5. The molecule has 4 N–H and O–H groups in total. The highest BCUT2D eigenvalue weighted by molar-refractivity contribution is 5.85. The number of alkyl carbamates (subject to hydrolysis) is 1. The van der Waals surface area contributed by atoms with Crippen molar-refractivity contribution in [1.82, 2.24) is 10.6 Å². The van der Waals surface area contributed by atoms with Crippen molar-refractivity contribution in [3.8, 4) is 11.1 Å². The minimum absolute atomic E-state index is 0.0854. The van der Waals surface area contributed by atoms with E-state index in [0.29, 0.717) is 12.8 Å². The van der Waals surface area contributed by atoms with E-state index in [9.17, 15) is 19.5 Å². The quantitative estimate of drug-likeness (QED) is 0.450. The average Bonchev–Trinajstić information content (AvgIpc) is 3.09. The van der Waals surface area contributed by atoms with E-state index in [4.69, 9.17) is 9.84 Å². The van der Waals surface area contributed by atoms with Gasteiger partial charge in [0, 0.05) is 12.5 Å². The Labute approximate surface area is 186 Å². The van der Waals surface area contributed by atoms with Gasteiger partial charge in [0.2, 0.25) is 5.91 Å². The summed E-state index contributed by atoms with van der Waals surface area (Å²) in [5.74, 6) is -1.74. The number of ether oxygens (including phenoxy) is 1. The van der Waals surface area contributed by atoms with E-state index < -0.39 is 36.5 Å². The Morgan fingerprint density at radius 2 is 1.62 bits per heavy atom. The van der Waals surface area contributed by atoms with Gasteiger partial charge in [0.25, 0.3) is 0 Å². The minimum atomic E-state index is -1.20. The van der Waals surface area contributed by atoms with Crippen LogP contribution in [0.2, 0.25) is 0 Å². The van der Waals surface area contributed by atoms with Crippen LogP contribution < -0.4 is 10.6 Å². The molecule has 0 heterocycles. The van der Waals surface area contributed by atoms with Crippen LogP contribution in [0.4, 0.5) is 4.79 Å². The summed E-state index contributed by atoms with van der Waals surface area (Å²) in [5.41, 5.74) is 4.44. The first-order valence-electron chi connectivity index (χ1n) is 10.7. The zero-order valence-electron chi connectivity index (χ0n) is 17.9. The van der Waals surface area contributed by atoms with Crippen LogP contribution in [0.15, 0.2) is 48.5 Å². The van der Waals surface area contributed by atoms with E-state index in [1.54, 1.807) is 0 Å². The summed E-state index contributed by atoms with van der Waals surface area (Å²) in [7, 11) is 0. The van der Waals surface area contributed by atoms with Gasteiger partial charge in [-0.05, 0) is 28.7 Å². The summed E-state index contributed by atoms with van der Waals surface area (Å²) >= 11 is 0. The predicted molar refractivity (Wildman–Crippen MR) is 118 cm³/mol. The molecule has 0 radical (unpaired) electrons. The number of benzene rings is 2. The number of amides is 2. The molecule has 2 aromatic carbocycles. The molecule has 170 valence electrons. The van der Waals surface area contributed by atoms with Crippen LogP contribution in [0.25, 0.3) is 11.1 Å². The molecule has 0 bridgehead atoms. The van der Waals surface area contributed by atoms with Gasteiger partial charge < -0.3 is 25.6 Å². The van der Waals surface area contributed by atoms with Crippen LogP contribution in [0, 0.1) is 0 Å². The largest absolute Gasteiger partial charge is 0.481 e. The van der Waals surface area contributed by atoms with Gasteiger partial charge in [-0.15, -0.1) is 0 Å². The number of aliphatic hydroxyl groups excluding tert-OH is 1. The van der Waals surface area contributed by atoms with E-state index in [2.05, 4.69) is 22.8 Å². The zero-order chi connectivity index (χ0) is 23.1. The smallest absolute Gasteiger partial charge is 0.407 e. The summed E-state index contributed by atoms with van der Waals surface area (Å²) in [6.45, 7) is 1.80. The fourth-order valence-corrected chi connectivity index (χ4v) is 3.96.